The van der Waals surface area contributed by atoms with Gasteiger partial charge in [0.15, 0.2) is 5.11 Å². The van der Waals surface area contributed by atoms with Gasteiger partial charge in [-0.15, -0.1) is 0 Å². The molecule has 0 aliphatic carbocycles. The molecule has 24 heavy (non-hydrogen) atoms. The molecule has 2 aromatic carbocycles. The molecular formula is C17H19N3O3S. The molecule has 0 fully saturated rings. The Morgan fingerprint density at radius 3 is 2.29 bits per heavy atom. The van der Waals surface area contributed by atoms with E-state index in [2.05, 4.69) is 16.0 Å². The van der Waals surface area contributed by atoms with Crippen LogP contribution in [-0.4, -0.2) is 25.2 Å². The number of hydrogen-bond acceptors (Lipinski definition) is 4. The van der Waals surface area contributed by atoms with E-state index in [1.54, 1.807) is 32.4 Å². The second kappa shape index (κ2) is 8.16. The van der Waals surface area contributed by atoms with E-state index in [1.807, 2.05) is 24.3 Å². The van der Waals surface area contributed by atoms with Gasteiger partial charge < -0.3 is 25.4 Å². The number of ether oxygens (including phenoxy) is 2. The summed E-state index contributed by atoms with van der Waals surface area (Å²) in [6.07, 6.45) is 0. The van der Waals surface area contributed by atoms with Crippen molar-refractivity contribution < 1.29 is 14.3 Å². The van der Waals surface area contributed by atoms with Crippen LogP contribution in [0.25, 0.3) is 0 Å². The van der Waals surface area contributed by atoms with Crippen LogP contribution in [0.3, 0.4) is 0 Å². The lowest BCUT2D eigenvalue weighted by atomic mass is 10.2. The number of benzene rings is 2. The van der Waals surface area contributed by atoms with Crippen LogP contribution in [-0.2, 0) is 4.79 Å². The van der Waals surface area contributed by atoms with Crippen molar-refractivity contribution in [2.45, 2.75) is 6.92 Å². The molecule has 2 rings (SSSR count). The second-order valence-electron chi connectivity index (χ2n) is 4.91. The number of carbonyl (C=O) groups is 1. The minimum absolute atomic E-state index is 0.129. The predicted octanol–water partition coefficient (Wildman–Crippen LogP) is 3.47. The van der Waals surface area contributed by atoms with Gasteiger partial charge in [-0.2, -0.15) is 0 Å². The fourth-order valence-electron chi connectivity index (χ4n) is 2.06. The third-order valence-electron chi connectivity index (χ3n) is 3.10. The van der Waals surface area contributed by atoms with Gasteiger partial charge in [0.2, 0.25) is 5.91 Å². The van der Waals surface area contributed by atoms with Crippen LogP contribution in [0, 0.1) is 0 Å². The average Bonchev–Trinajstić information content (AvgIpc) is 2.54. The molecule has 0 radical (unpaired) electrons. The Bertz CT molecular complexity index is 750. The third kappa shape index (κ3) is 4.85. The van der Waals surface area contributed by atoms with Crippen LogP contribution in [0.1, 0.15) is 6.92 Å². The Morgan fingerprint density at radius 1 is 0.958 bits per heavy atom. The Labute approximate surface area is 146 Å². The van der Waals surface area contributed by atoms with Gasteiger partial charge in [-0.3, -0.25) is 4.79 Å². The van der Waals surface area contributed by atoms with Crippen LogP contribution < -0.4 is 25.4 Å². The maximum atomic E-state index is 11.1. The van der Waals surface area contributed by atoms with Crippen LogP contribution >= 0.6 is 12.2 Å². The quantitative estimate of drug-likeness (QED) is 0.721. The summed E-state index contributed by atoms with van der Waals surface area (Å²) in [7, 11) is 3.17. The molecule has 0 aromatic heterocycles. The highest BCUT2D eigenvalue weighted by Crippen LogP contribution is 2.29. The second-order valence-corrected chi connectivity index (χ2v) is 5.32. The summed E-state index contributed by atoms with van der Waals surface area (Å²) in [5.41, 5.74) is 2.16. The first-order chi connectivity index (χ1) is 11.5. The Morgan fingerprint density at radius 2 is 1.67 bits per heavy atom. The largest absolute Gasteiger partial charge is 0.497 e. The molecule has 0 bridgehead atoms. The zero-order valence-electron chi connectivity index (χ0n) is 13.7. The van der Waals surface area contributed by atoms with Gasteiger partial charge in [-0.05, 0) is 42.5 Å². The van der Waals surface area contributed by atoms with Gasteiger partial charge in [-0.1, -0.05) is 6.07 Å². The number of anilines is 3. The predicted molar refractivity (Wildman–Crippen MR) is 100 cm³/mol. The smallest absolute Gasteiger partial charge is 0.221 e. The Hall–Kier alpha value is -2.80. The molecule has 0 aliphatic rings. The first-order valence-electron chi connectivity index (χ1n) is 7.19. The van der Waals surface area contributed by atoms with E-state index in [0.29, 0.717) is 28.0 Å². The normalized spacial score (nSPS) is 9.79. The van der Waals surface area contributed by atoms with Crippen LogP contribution in [0.2, 0.25) is 0 Å². The third-order valence-corrected chi connectivity index (χ3v) is 3.30. The first-order valence-corrected chi connectivity index (χ1v) is 7.60. The van der Waals surface area contributed by atoms with E-state index in [1.165, 1.54) is 6.92 Å². The highest BCUT2D eigenvalue weighted by Gasteiger charge is 2.07. The highest BCUT2D eigenvalue weighted by molar-refractivity contribution is 7.80. The molecule has 0 saturated carbocycles. The maximum absolute atomic E-state index is 11.1. The Kier molecular flexibility index (Phi) is 5.97. The summed E-state index contributed by atoms with van der Waals surface area (Å²) < 4.78 is 10.5. The highest BCUT2D eigenvalue weighted by atomic mass is 32.1. The standard InChI is InChI=1S/C17H19N3O3S/c1-11(21)18-12-5-4-6-13(9-12)19-17(24)20-15-8-7-14(22-2)10-16(15)23-3/h4-10H,1-3H3,(H,18,21)(H2,19,20,24). The molecule has 0 spiro atoms. The van der Waals surface area contributed by atoms with Crippen molar-refractivity contribution in [3.8, 4) is 11.5 Å². The molecule has 0 aliphatic heterocycles. The average molecular weight is 345 g/mol. The van der Waals surface area contributed by atoms with Crippen molar-refractivity contribution >= 4 is 40.3 Å². The SMILES string of the molecule is COc1ccc(NC(=S)Nc2cccc(NC(C)=O)c2)c(OC)c1. The summed E-state index contributed by atoms with van der Waals surface area (Å²) in [4.78, 5) is 11.1. The molecule has 6 nitrogen and oxygen atoms in total. The fraction of sp³-hybridized carbons (Fsp3) is 0.176. The molecular weight excluding hydrogens is 326 g/mol. The molecule has 0 atom stereocenters. The monoisotopic (exact) mass is 345 g/mol. The lowest BCUT2D eigenvalue weighted by Gasteiger charge is -2.15. The van der Waals surface area contributed by atoms with E-state index < -0.39 is 0 Å². The molecule has 7 heteroatoms. The number of rotatable bonds is 5. The van der Waals surface area contributed by atoms with Crippen LogP contribution in [0.4, 0.5) is 17.1 Å². The van der Waals surface area contributed by atoms with Gasteiger partial charge in [0.25, 0.3) is 0 Å². The Balaban J connectivity index is 2.07. The van der Waals surface area contributed by atoms with Crippen molar-refractivity contribution in [2.75, 3.05) is 30.2 Å². The zero-order valence-corrected chi connectivity index (χ0v) is 14.5. The van der Waals surface area contributed by atoms with E-state index >= 15 is 0 Å². The van der Waals surface area contributed by atoms with Crippen molar-refractivity contribution in [2.24, 2.45) is 0 Å². The number of amides is 1. The zero-order chi connectivity index (χ0) is 17.5. The molecule has 126 valence electrons. The van der Waals surface area contributed by atoms with Gasteiger partial charge >= 0.3 is 0 Å². The van der Waals surface area contributed by atoms with Crippen molar-refractivity contribution in [3.05, 3.63) is 42.5 Å². The molecule has 0 saturated heterocycles. The maximum Gasteiger partial charge on any atom is 0.221 e. The lowest BCUT2D eigenvalue weighted by Crippen LogP contribution is -2.19. The van der Waals surface area contributed by atoms with E-state index in [4.69, 9.17) is 21.7 Å². The van der Waals surface area contributed by atoms with Gasteiger partial charge in [0, 0.05) is 24.4 Å². The van der Waals surface area contributed by atoms with Crippen molar-refractivity contribution in [1.82, 2.24) is 0 Å². The van der Waals surface area contributed by atoms with Gasteiger partial charge in [-0.25, -0.2) is 0 Å². The van der Waals surface area contributed by atoms with E-state index in [-0.39, 0.29) is 5.91 Å². The fourth-order valence-corrected chi connectivity index (χ4v) is 2.29. The molecule has 3 N–H and O–H groups in total. The molecule has 2 aromatic rings. The van der Waals surface area contributed by atoms with Gasteiger partial charge in [0.05, 0.1) is 19.9 Å². The summed E-state index contributed by atoms with van der Waals surface area (Å²) in [6, 6.07) is 12.7. The first kappa shape index (κ1) is 17.6. The minimum atomic E-state index is -0.129. The van der Waals surface area contributed by atoms with Crippen LogP contribution in [0.15, 0.2) is 42.5 Å². The molecule has 0 unspecified atom stereocenters. The van der Waals surface area contributed by atoms with E-state index in [9.17, 15) is 4.79 Å². The number of hydrogen-bond donors (Lipinski definition) is 3. The topological polar surface area (TPSA) is 71.6 Å². The van der Waals surface area contributed by atoms with Crippen molar-refractivity contribution in [1.29, 1.82) is 0 Å². The number of nitrogens with one attached hydrogen (secondary N) is 3. The number of carbonyl (C=O) groups excluding carboxylic acids is 1. The summed E-state index contributed by atoms with van der Waals surface area (Å²) in [6.45, 7) is 1.46. The molecule has 1 amide bonds. The van der Waals surface area contributed by atoms with Crippen LogP contribution in [0.5, 0.6) is 11.5 Å². The van der Waals surface area contributed by atoms with Crippen molar-refractivity contribution in [3.63, 3.8) is 0 Å². The lowest BCUT2D eigenvalue weighted by molar-refractivity contribution is -0.114. The van der Waals surface area contributed by atoms with Gasteiger partial charge in [0.1, 0.15) is 11.5 Å². The number of methoxy groups -OCH3 is 2. The minimum Gasteiger partial charge on any atom is -0.497 e. The number of thiocarbonyl (C=S) groups is 1. The van der Waals surface area contributed by atoms with E-state index in [0.717, 1.165) is 5.69 Å². The summed E-state index contributed by atoms with van der Waals surface area (Å²) in [5, 5.41) is 9.26. The summed E-state index contributed by atoms with van der Waals surface area (Å²) >= 11 is 5.32. The molecule has 0 heterocycles. The summed E-state index contributed by atoms with van der Waals surface area (Å²) in [5.74, 6) is 1.18.